The zero-order valence-corrected chi connectivity index (χ0v) is 7.48. The van der Waals surface area contributed by atoms with Gasteiger partial charge < -0.3 is 16.4 Å². The number of hydrogen-bond acceptors (Lipinski definition) is 3. The Kier molecular flexibility index (Phi) is 5.65. The van der Waals surface area contributed by atoms with Crippen LogP contribution in [0.15, 0.2) is 12.4 Å². The molecule has 1 unspecified atom stereocenters. The molecule has 0 aromatic carbocycles. The summed E-state index contributed by atoms with van der Waals surface area (Å²) in [5.74, 6) is 0.558. The molecule has 0 bridgehead atoms. The van der Waals surface area contributed by atoms with Crippen molar-refractivity contribution in [3.05, 3.63) is 12.4 Å². The lowest BCUT2D eigenvalue weighted by atomic mass is 10.2. The zero-order valence-electron chi connectivity index (χ0n) is 7.48. The van der Waals surface area contributed by atoms with Crippen LogP contribution in [0.1, 0.15) is 19.8 Å². The first-order valence-corrected chi connectivity index (χ1v) is 4.02. The summed E-state index contributed by atoms with van der Waals surface area (Å²) in [6.45, 7) is 6.62. The predicted octanol–water partition coefficient (Wildman–Crippen LogP) is 0.394. The standard InChI is InChI=1S/C8H19N3/c1-7(10-3)5-4-6-11-8(2)9/h7,10-11H,2,4-6,9H2,1,3H3. The van der Waals surface area contributed by atoms with E-state index in [2.05, 4.69) is 24.1 Å². The van der Waals surface area contributed by atoms with E-state index in [-0.39, 0.29) is 0 Å². The number of nitrogens with one attached hydrogen (secondary N) is 2. The van der Waals surface area contributed by atoms with Crippen LogP contribution in [0.5, 0.6) is 0 Å². The molecule has 0 saturated heterocycles. The summed E-state index contributed by atoms with van der Waals surface area (Å²) in [4.78, 5) is 0. The Morgan fingerprint density at radius 2 is 2.27 bits per heavy atom. The Morgan fingerprint density at radius 1 is 1.64 bits per heavy atom. The van der Waals surface area contributed by atoms with E-state index < -0.39 is 0 Å². The van der Waals surface area contributed by atoms with Gasteiger partial charge in [-0.1, -0.05) is 6.58 Å². The summed E-state index contributed by atoms with van der Waals surface area (Å²) in [6.07, 6.45) is 2.29. The molecule has 66 valence electrons. The van der Waals surface area contributed by atoms with Gasteiger partial charge >= 0.3 is 0 Å². The van der Waals surface area contributed by atoms with E-state index in [9.17, 15) is 0 Å². The summed E-state index contributed by atoms with van der Waals surface area (Å²) in [7, 11) is 1.97. The summed E-state index contributed by atoms with van der Waals surface area (Å²) in [5, 5.41) is 6.15. The molecule has 0 heterocycles. The van der Waals surface area contributed by atoms with Crippen molar-refractivity contribution in [2.75, 3.05) is 13.6 Å². The van der Waals surface area contributed by atoms with E-state index in [0.29, 0.717) is 11.9 Å². The Balaban J connectivity index is 3.08. The van der Waals surface area contributed by atoms with Gasteiger partial charge in [0.2, 0.25) is 0 Å². The number of rotatable bonds is 6. The highest BCUT2D eigenvalue weighted by atomic mass is 15.0. The summed E-state index contributed by atoms with van der Waals surface area (Å²) in [5.41, 5.74) is 5.32. The van der Waals surface area contributed by atoms with Crippen molar-refractivity contribution in [1.82, 2.24) is 10.6 Å². The average molecular weight is 157 g/mol. The molecule has 4 N–H and O–H groups in total. The molecule has 0 aliphatic heterocycles. The summed E-state index contributed by atoms with van der Waals surface area (Å²) < 4.78 is 0. The smallest absolute Gasteiger partial charge is 0.0885 e. The third-order valence-electron chi connectivity index (χ3n) is 1.66. The molecule has 0 aliphatic rings. The Morgan fingerprint density at radius 3 is 2.73 bits per heavy atom. The van der Waals surface area contributed by atoms with Gasteiger partial charge in [0.05, 0.1) is 5.82 Å². The minimum Gasteiger partial charge on any atom is -0.386 e. The molecule has 0 spiro atoms. The van der Waals surface area contributed by atoms with Crippen LogP contribution in [-0.2, 0) is 0 Å². The van der Waals surface area contributed by atoms with Crippen molar-refractivity contribution in [2.45, 2.75) is 25.8 Å². The van der Waals surface area contributed by atoms with Crippen LogP contribution in [0.3, 0.4) is 0 Å². The lowest BCUT2D eigenvalue weighted by Crippen LogP contribution is -2.24. The van der Waals surface area contributed by atoms with Crippen LogP contribution in [0.2, 0.25) is 0 Å². The van der Waals surface area contributed by atoms with Gasteiger partial charge in [0.25, 0.3) is 0 Å². The molecule has 1 atom stereocenters. The molecule has 0 fully saturated rings. The molecular weight excluding hydrogens is 138 g/mol. The number of hydrogen-bond donors (Lipinski definition) is 3. The third kappa shape index (κ3) is 7.19. The second kappa shape index (κ2) is 6.04. The number of nitrogens with two attached hydrogens (primary N) is 1. The topological polar surface area (TPSA) is 50.1 Å². The van der Waals surface area contributed by atoms with Crippen molar-refractivity contribution in [3.63, 3.8) is 0 Å². The lowest BCUT2D eigenvalue weighted by Gasteiger charge is -2.09. The van der Waals surface area contributed by atoms with Crippen LogP contribution in [0.4, 0.5) is 0 Å². The van der Waals surface area contributed by atoms with Gasteiger partial charge in [-0.15, -0.1) is 0 Å². The molecule has 0 aromatic rings. The monoisotopic (exact) mass is 157 g/mol. The van der Waals surface area contributed by atoms with Gasteiger partial charge in [-0.05, 0) is 26.8 Å². The van der Waals surface area contributed by atoms with Crippen LogP contribution < -0.4 is 16.4 Å². The second-order valence-corrected chi connectivity index (χ2v) is 2.78. The van der Waals surface area contributed by atoms with Crippen molar-refractivity contribution in [2.24, 2.45) is 5.73 Å². The van der Waals surface area contributed by atoms with Crippen LogP contribution in [0, 0.1) is 0 Å². The predicted molar refractivity (Wildman–Crippen MR) is 49.1 cm³/mol. The van der Waals surface area contributed by atoms with E-state index >= 15 is 0 Å². The largest absolute Gasteiger partial charge is 0.386 e. The molecule has 0 saturated carbocycles. The molecular formula is C8H19N3. The van der Waals surface area contributed by atoms with Gasteiger partial charge in [-0.25, -0.2) is 0 Å². The normalized spacial score (nSPS) is 12.5. The van der Waals surface area contributed by atoms with Gasteiger partial charge in [0, 0.05) is 12.6 Å². The van der Waals surface area contributed by atoms with Crippen LogP contribution in [-0.4, -0.2) is 19.6 Å². The highest BCUT2D eigenvalue weighted by Gasteiger charge is 1.95. The van der Waals surface area contributed by atoms with Gasteiger partial charge in [-0.2, -0.15) is 0 Å². The minimum absolute atomic E-state index is 0.558. The van der Waals surface area contributed by atoms with Gasteiger partial charge in [0.15, 0.2) is 0 Å². The Hall–Kier alpha value is -0.700. The van der Waals surface area contributed by atoms with E-state index in [0.717, 1.165) is 19.4 Å². The van der Waals surface area contributed by atoms with E-state index in [4.69, 9.17) is 5.73 Å². The summed E-state index contributed by atoms with van der Waals surface area (Å²) >= 11 is 0. The Labute approximate surface area is 69.0 Å². The van der Waals surface area contributed by atoms with Crippen molar-refractivity contribution < 1.29 is 0 Å². The third-order valence-corrected chi connectivity index (χ3v) is 1.66. The second-order valence-electron chi connectivity index (χ2n) is 2.78. The zero-order chi connectivity index (χ0) is 8.69. The molecule has 0 aromatic heterocycles. The van der Waals surface area contributed by atoms with Crippen LogP contribution in [0.25, 0.3) is 0 Å². The van der Waals surface area contributed by atoms with Crippen molar-refractivity contribution >= 4 is 0 Å². The van der Waals surface area contributed by atoms with E-state index in [1.165, 1.54) is 0 Å². The molecule has 3 heteroatoms. The molecule has 11 heavy (non-hydrogen) atoms. The van der Waals surface area contributed by atoms with Crippen molar-refractivity contribution in [1.29, 1.82) is 0 Å². The fraction of sp³-hybridized carbons (Fsp3) is 0.750. The molecule has 3 nitrogen and oxygen atoms in total. The van der Waals surface area contributed by atoms with Crippen molar-refractivity contribution in [3.8, 4) is 0 Å². The van der Waals surface area contributed by atoms with Gasteiger partial charge in [0.1, 0.15) is 0 Å². The molecule has 0 aliphatic carbocycles. The first kappa shape index (κ1) is 10.3. The molecule has 0 rings (SSSR count). The Bertz CT molecular complexity index is 112. The first-order valence-electron chi connectivity index (χ1n) is 4.02. The highest BCUT2D eigenvalue weighted by Crippen LogP contribution is 1.93. The first-order chi connectivity index (χ1) is 5.16. The molecule has 0 amide bonds. The lowest BCUT2D eigenvalue weighted by molar-refractivity contribution is 0.532. The van der Waals surface area contributed by atoms with Gasteiger partial charge in [-0.3, -0.25) is 0 Å². The minimum atomic E-state index is 0.558. The maximum absolute atomic E-state index is 5.32. The average Bonchev–Trinajstić information content (AvgIpc) is 1.97. The highest BCUT2D eigenvalue weighted by molar-refractivity contribution is 4.81. The van der Waals surface area contributed by atoms with E-state index in [1.54, 1.807) is 0 Å². The fourth-order valence-corrected chi connectivity index (χ4v) is 0.802. The maximum atomic E-state index is 5.32. The SMILES string of the molecule is C=C(N)NCCCC(C)NC. The summed E-state index contributed by atoms with van der Waals surface area (Å²) in [6, 6.07) is 0.586. The van der Waals surface area contributed by atoms with Crippen LogP contribution >= 0.6 is 0 Å². The molecule has 0 radical (unpaired) electrons. The maximum Gasteiger partial charge on any atom is 0.0885 e. The van der Waals surface area contributed by atoms with E-state index in [1.807, 2.05) is 7.05 Å². The quantitative estimate of drug-likeness (QED) is 0.489. The fourth-order valence-electron chi connectivity index (χ4n) is 0.802.